The first-order valence-corrected chi connectivity index (χ1v) is 5.75. The van der Waals surface area contributed by atoms with E-state index in [1.54, 1.807) is 0 Å². The fourth-order valence-electron chi connectivity index (χ4n) is 1.24. The topological polar surface area (TPSA) is 35.5 Å². The third-order valence-corrected chi connectivity index (χ3v) is 2.22. The van der Waals surface area contributed by atoms with Gasteiger partial charge in [-0.3, -0.25) is 4.79 Å². The molecule has 0 aromatic carbocycles. The lowest BCUT2D eigenvalue weighted by Crippen LogP contribution is -2.21. The lowest BCUT2D eigenvalue weighted by molar-refractivity contribution is -0.146. The highest BCUT2D eigenvalue weighted by atomic mass is 16.5. The highest BCUT2D eigenvalue weighted by Crippen LogP contribution is 2.25. The van der Waals surface area contributed by atoms with E-state index in [-0.39, 0.29) is 11.4 Å². The largest absolute Gasteiger partial charge is 0.466 e. The summed E-state index contributed by atoms with van der Waals surface area (Å²) >= 11 is 0. The fourth-order valence-corrected chi connectivity index (χ4v) is 1.24. The standard InChI is InChI=1S/C12H24O3/c1-5-8-15-11(13)10-12(3,4)7-9-14-6-2/h5-10H2,1-4H3. The molecule has 90 valence electrons. The van der Waals surface area contributed by atoms with Crippen molar-refractivity contribution in [3.8, 4) is 0 Å². The number of ether oxygens (including phenoxy) is 2. The first-order valence-electron chi connectivity index (χ1n) is 5.75. The van der Waals surface area contributed by atoms with Crippen molar-refractivity contribution in [2.24, 2.45) is 5.41 Å². The second-order valence-corrected chi connectivity index (χ2v) is 4.51. The van der Waals surface area contributed by atoms with Gasteiger partial charge in [0.05, 0.1) is 13.0 Å². The Hall–Kier alpha value is -0.570. The van der Waals surface area contributed by atoms with Crippen LogP contribution < -0.4 is 0 Å². The van der Waals surface area contributed by atoms with Crippen LogP contribution in [0.3, 0.4) is 0 Å². The molecule has 0 unspecified atom stereocenters. The van der Waals surface area contributed by atoms with Crippen molar-refractivity contribution < 1.29 is 14.3 Å². The van der Waals surface area contributed by atoms with Crippen LogP contribution >= 0.6 is 0 Å². The molecule has 0 radical (unpaired) electrons. The zero-order valence-electron chi connectivity index (χ0n) is 10.5. The fraction of sp³-hybridized carbons (Fsp3) is 0.917. The maximum absolute atomic E-state index is 11.4. The first-order chi connectivity index (χ1) is 7.02. The average Bonchev–Trinajstić information content (AvgIpc) is 2.14. The minimum absolute atomic E-state index is 0.0278. The second kappa shape index (κ2) is 7.69. The molecule has 0 atom stereocenters. The molecule has 0 aliphatic rings. The third-order valence-electron chi connectivity index (χ3n) is 2.22. The van der Waals surface area contributed by atoms with Gasteiger partial charge in [-0.25, -0.2) is 0 Å². The maximum atomic E-state index is 11.4. The summed E-state index contributed by atoms with van der Waals surface area (Å²) in [5.74, 6) is -0.0988. The molecule has 0 N–H and O–H groups in total. The summed E-state index contributed by atoms with van der Waals surface area (Å²) in [4.78, 5) is 11.4. The number of carbonyl (C=O) groups is 1. The van der Waals surface area contributed by atoms with E-state index in [0.717, 1.165) is 19.4 Å². The number of esters is 1. The molecule has 0 saturated heterocycles. The van der Waals surface area contributed by atoms with E-state index in [4.69, 9.17) is 9.47 Å². The predicted molar refractivity (Wildman–Crippen MR) is 60.8 cm³/mol. The molecular formula is C12H24O3. The Morgan fingerprint density at radius 2 is 1.87 bits per heavy atom. The highest BCUT2D eigenvalue weighted by Gasteiger charge is 2.22. The van der Waals surface area contributed by atoms with Gasteiger partial charge in [-0.05, 0) is 25.2 Å². The summed E-state index contributed by atoms with van der Waals surface area (Å²) < 4.78 is 10.3. The smallest absolute Gasteiger partial charge is 0.306 e. The Bertz CT molecular complexity index is 176. The van der Waals surface area contributed by atoms with Crippen LogP contribution in [-0.2, 0) is 14.3 Å². The molecule has 0 aromatic heterocycles. The van der Waals surface area contributed by atoms with Gasteiger partial charge in [0.25, 0.3) is 0 Å². The summed E-state index contributed by atoms with van der Waals surface area (Å²) in [6.45, 7) is 10.1. The van der Waals surface area contributed by atoms with Crippen molar-refractivity contribution in [1.82, 2.24) is 0 Å². The lowest BCUT2D eigenvalue weighted by atomic mass is 9.86. The Morgan fingerprint density at radius 1 is 1.20 bits per heavy atom. The van der Waals surface area contributed by atoms with Gasteiger partial charge < -0.3 is 9.47 Å². The molecule has 0 rings (SSSR count). The highest BCUT2D eigenvalue weighted by molar-refractivity contribution is 5.70. The number of hydrogen-bond acceptors (Lipinski definition) is 3. The van der Waals surface area contributed by atoms with Crippen LogP contribution in [0.2, 0.25) is 0 Å². The third kappa shape index (κ3) is 8.43. The van der Waals surface area contributed by atoms with Crippen molar-refractivity contribution in [3.63, 3.8) is 0 Å². The average molecular weight is 216 g/mol. The van der Waals surface area contributed by atoms with Gasteiger partial charge in [0.2, 0.25) is 0 Å². The van der Waals surface area contributed by atoms with Crippen LogP contribution in [0, 0.1) is 5.41 Å². The van der Waals surface area contributed by atoms with Gasteiger partial charge in [-0.2, -0.15) is 0 Å². The summed E-state index contributed by atoms with van der Waals surface area (Å²) in [7, 11) is 0. The predicted octanol–water partition coefficient (Wildman–Crippen LogP) is 2.78. The Kier molecular flexibility index (Phi) is 7.39. The van der Waals surface area contributed by atoms with Crippen molar-refractivity contribution >= 4 is 5.97 Å². The summed E-state index contributed by atoms with van der Waals surface area (Å²) in [6, 6.07) is 0. The minimum atomic E-state index is -0.0988. The molecule has 3 nitrogen and oxygen atoms in total. The van der Waals surface area contributed by atoms with Gasteiger partial charge >= 0.3 is 5.97 Å². The van der Waals surface area contributed by atoms with Crippen LogP contribution in [0.4, 0.5) is 0 Å². The Morgan fingerprint density at radius 3 is 2.40 bits per heavy atom. The van der Waals surface area contributed by atoms with E-state index in [2.05, 4.69) is 13.8 Å². The van der Waals surface area contributed by atoms with Crippen molar-refractivity contribution in [2.45, 2.75) is 47.0 Å². The zero-order chi connectivity index (χ0) is 11.7. The van der Waals surface area contributed by atoms with E-state index >= 15 is 0 Å². The van der Waals surface area contributed by atoms with Crippen LogP contribution in [0.15, 0.2) is 0 Å². The van der Waals surface area contributed by atoms with Gasteiger partial charge in [0, 0.05) is 13.2 Å². The summed E-state index contributed by atoms with van der Waals surface area (Å²) in [5.41, 5.74) is -0.0278. The van der Waals surface area contributed by atoms with Crippen LogP contribution in [0.5, 0.6) is 0 Å². The molecule has 0 aliphatic carbocycles. The van der Waals surface area contributed by atoms with Gasteiger partial charge in [-0.15, -0.1) is 0 Å². The first kappa shape index (κ1) is 14.4. The van der Waals surface area contributed by atoms with Crippen molar-refractivity contribution in [3.05, 3.63) is 0 Å². The number of carbonyl (C=O) groups excluding carboxylic acids is 1. The molecule has 0 bridgehead atoms. The van der Waals surface area contributed by atoms with E-state index < -0.39 is 0 Å². The van der Waals surface area contributed by atoms with E-state index in [9.17, 15) is 4.79 Å². The molecule has 0 aromatic rings. The molecule has 0 spiro atoms. The molecule has 0 aliphatic heterocycles. The normalized spacial score (nSPS) is 11.5. The molecule has 0 amide bonds. The quantitative estimate of drug-likeness (QED) is 0.462. The summed E-state index contributed by atoms with van der Waals surface area (Å²) in [6.07, 6.45) is 2.24. The minimum Gasteiger partial charge on any atom is -0.466 e. The number of hydrogen-bond donors (Lipinski definition) is 0. The van der Waals surface area contributed by atoms with Gasteiger partial charge in [0.15, 0.2) is 0 Å². The molecule has 0 fully saturated rings. The maximum Gasteiger partial charge on any atom is 0.306 e. The zero-order valence-corrected chi connectivity index (χ0v) is 10.5. The summed E-state index contributed by atoms with van der Waals surface area (Å²) in [5, 5.41) is 0. The lowest BCUT2D eigenvalue weighted by Gasteiger charge is -2.23. The van der Waals surface area contributed by atoms with Crippen molar-refractivity contribution in [2.75, 3.05) is 19.8 Å². The Labute approximate surface area is 93.1 Å². The SMILES string of the molecule is CCCOC(=O)CC(C)(C)CCOCC. The molecule has 15 heavy (non-hydrogen) atoms. The molecular weight excluding hydrogens is 192 g/mol. The van der Waals surface area contributed by atoms with E-state index in [0.29, 0.717) is 19.6 Å². The molecule has 3 heteroatoms. The van der Waals surface area contributed by atoms with Gasteiger partial charge in [0.1, 0.15) is 0 Å². The monoisotopic (exact) mass is 216 g/mol. The number of rotatable bonds is 8. The molecule has 0 heterocycles. The van der Waals surface area contributed by atoms with Crippen LogP contribution in [0.25, 0.3) is 0 Å². The van der Waals surface area contributed by atoms with Crippen LogP contribution in [-0.4, -0.2) is 25.8 Å². The molecule has 0 saturated carbocycles. The van der Waals surface area contributed by atoms with Gasteiger partial charge in [-0.1, -0.05) is 20.8 Å². The Balaban J connectivity index is 3.75. The van der Waals surface area contributed by atoms with E-state index in [1.165, 1.54) is 0 Å². The second-order valence-electron chi connectivity index (χ2n) is 4.51. The van der Waals surface area contributed by atoms with E-state index in [1.807, 2.05) is 13.8 Å². The van der Waals surface area contributed by atoms with Crippen LogP contribution in [0.1, 0.15) is 47.0 Å². The van der Waals surface area contributed by atoms with Crippen molar-refractivity contribution in [1.29, 1.82) is 0 Å².